The van der Waals surface area contributed by atoms with Gasteiger partial charge in [-0.15, -0.1) is 0 Å². The van der Waals surface area contributed by atoms with E-state index in [4.69, 9.17) is 16.3 Å². The Labute approximate surface area is 119 Å². The number of thioether (sulfide) groups is 1. The highest BCUT2D eigenvalue weighted by atomic mass is 35.5. The van der Waals surface area contributed by atoms with Gasteiger partial charge in [-0.2, -0.15) is 11.8 Å². The number of nitrogens with one attached hydrogen (secondary N) is 1. The molecule has 0 fully saturated rings. The monoisotopic (exact) mass is 287 g/mol. The second-order valence-electron chi connectivity index (χ2n) is 3.91. The lowest BCUT2D eigenvalue weighted by Crippen LogP contribution is -2.13. The minimum atomic E-state index is 0.702. The van der Waals surface area contributed by atoms with Gasteiger partial charge >= 0.3 is 0 Å². The lowest BCUT2D eigenvalue weighted by Gasteiger charge is -2.13. The van der Waals surface area contributed by atoms with Gasteiger partial charge in [-0.05, 0) is 30.5 Å². The van der Waals surface area contributed by atoms with E-state index in [-0.39, 0.29) is 0 Å². The van der Waals surface area contributed by atoms with Crippen molar-refractivity contribution in [2.45, 2.75) is 26.8 Å². The van der Waals surface area contributed by atoms with Crippen LogP contribution in [0.2, 0.25) is 5.02 Å². The van der Waals surface area contributed by atoms with Crippen LogP contribution in [0.15, 0.2) is 18.2 Å². The molecule has 0 aromatic heterocycles. The summed E-state index contributed by atoms with van der Waals surface area (Å²) >= 11 is 8.13. The summed E-state index contributed by atoms with van der Waals surface area (Å²) in [5.74, 6) is 3.14. The minimum Gasteiger partial charge on any atom is -0.492 e. The van der Waals surface area contributed by atoms with Crippen LogP contribution in [0, 0.1) is 0 Å². The van der Waals surface area contributed by atoms with Gasteiger partial charge < -0.3 is 10.1 Å². The molecule has 2 nitrogen and oxygen atoms in total. The van der Waals surface area contributed by atoms with Crippen LogP contribution in [0.25, 0.3) is 0 Å². The number of benzene rings is 1. The van der Waals surface area contributed by atoms with Crippen LogP contribution in [0.3, 0.4) is 0 Å². The van der Waals surface area contributed by atoms with Gasteiger partial charge in [-0.25, -0.2) is 0 Å². The van der Waals surface area contributed by atoms with Crippen LogP contribution in [0.5, 0.6) is 5.75 Å². The molecule has 0 atom stereocenters. The van der Waals surface area contributed by atoms with Gasteiger partial charge in [-0.3, -0.25) is 0 Å². The van der Waals surface area contributed by atoms with Crippen molar-refractivity contribution >= 4 is 23.4 Å². The average molecular weight is 288 g/mol. The molecule has 0 aliphatic rings. The predicted molar refractivity (Wildman–Crippen MR) is 81.9 cm³/mol. The summed E-state index contributed by atoms with van der Waals surface area (Å²) in [4.78, 5) is 0. The van der Waals surface area contributed by atoms with Crippen LogP contribution in [-0.4, -0.2) is 24.7 Å². The maximum atomic E-state index is 6.19. The van der Waals surface area contributed by atoms with Gasteiger partial charge in [0.2, 0.25) is 0 Å². The average Bonchev–Trinajstić information content (AvgIpc) is 2.38. The molecule has 0 radical (unpaired) electrons. The van der Waals surface area contributed by atoms with Crippen molar-refractivity contribution in [3.05, 3.63) is 28.8 Å². The Hall–Kier alpha value is -0.380. The van der Waals surface area contributed by atoms with E-state index in [1.54, 1.807) is 0 Å². The largest absolute Gasteiger partial charge is 0.492 e. The van der Waals surface area contributed by atoms with E-state index in [0.29, 0.717) is 5.02 Å². The fourth-order valence-electron chi connectivity index (χ4n) is 1.59. The first-order valence-electron chi connectivity index (χ1n) is 6.48. The van der Waals surface area contributed by atoms with Gasteiger partial charge in [0.15, 0.2) is 0 Å². The lowest BCUT2D eigenvalue weighted by molar-refractivity contribution is 0.315. The number of rotatable bonds is 9. The fourth-order valence-corrected chi connectivity index (χ4v) is 2.45. The van der Waals surface area contributed by atoms with Crippen molar-refractivity contribution in [1.82, 2.24) is 5.32 Å². The SMILES string of the molecule is CCNCc1cccc(Cl)c1OCCCSCC. The van der Waals surface area contributed by atoms with Crippen molar-refractivity contribution in [2.75, 3.05) is 24.7 Å². The summed E-state index contributed by atoms with van der Waals surface area (Å²) in [6.45, 7) is 6.74. The number of hydrogen-bond donors (Lipinski definition) is 1. The molecular weight excluding hydrogens is 266 g/mol. The van der Waals surface area contributed by atoms with E-state index in [1.807, 2.05) is 23.9 Å². The van der Waals surface area contributed by atoms with Gasteiger partial charge in [0.25, 0.3) is 0 Å². The van der Waals surface area contributed by atoms with E-state index < -0.39 is 0 Å². The summed E-state index contributed by atoms with van der Waals surface area (Å²) in [6.07, 6.45) is 1.06. The smallest absolute Gasteiger partial charge is 0.142 e. The zero-order valence-corrected chi connectivity index (χ0v) is 12.7. The van der Waals surface area contributed by atoms with Crippen LogP contribution >= 0.6 is 23.4 Å². The predicted octanol–water partition coefficient (Wildman–Crippen LogP) is 3.97. The van der Waals surface area contributed by atoms with E-state index in [9.17, 15) is 0 Å². The zero-order chi connectivity index (χ0) is 13.2. The third kappa shape index (κ3) is 5.51. The van der Waals surface area contributed by atoms with Crippen LogP contribution in [0.1, 0.15) is 25.8 Å². The maximum Gasteiger partial charge on any atom is 0.142 e. The normalized spacial score (nSPS) is 10.6. The van der Waals surface area contributed by atoms with E-state index >= 15 is 0 Å². The van der Waals surface area contributed by atoms with Gasteiger partial charge in [0.05, 0.1) is 11.6 Å². The Bertz CT molecular complexity index is 347. The molecular formula is C14H22ClNOS. The van der Waals surface area contributed by atoms with E-state index in [0.717, 1.165) is 48.9 Å². The van der Waals surface area contributed by atoms with Gasteiger partial charge in [0, 0.05) is 12.1 Å². The van der Waals surface area contributed by atoms with E-state index in [1.165, 1.54) is 0 Å². The number of hydrogen-bond acceptors (Lipinski definition) is 3. The molecule has 4 heteroatoms. The van der Waals surface area contributed by atoms with Crippen molar-refractivity contribution in [2.24, 2.45) is 0 Å². The molecule has 1 N–H and O–H groups in total. The van der Waals surface area contributed by atoms with Gasteiger partial charge in [-0.1, -0.05) is 37.6 Å². The van der Waals surface area contributed by atoms with Crippen molar-refractivity contribution in [1.29, 1.82) is 0 Å². The first-order valence-corrected chi connectivity index (χ1v) is 8.01. The molecule has 18 heavy (non-hydrogen) atoms. The fraction of sp³-hybridized carbons (Fsp3) is 0.571. The lowest BCUT2D eigenvalue weighted by atomic mass is 10.2. The Kier molecular flexibility index (Phi) is 8.31. The molecule has 0 heterocycles. The summed E-state index contributed by atoms with van der Waals surface area (Å²) < 4.78 is 5.83. The Balaban J connectivity index is 2.50. The van der Waals surface area contributed by atoms with Crippen molar-refractivity contribution < 1.29 is 4.74 Å². The van der Waals surface area contributed by atoms with Crippen molar-refractivity contribution in [3.8, 4) is 5.75 Å². The second kappa shape index (κ2) is 9.54. The maximum absolute atomic E-state index is 6.19. The zero-order valence-electron chi connectivity index (χ0n) is 11.2. The number of para-hydroxylation sites is 1. The quantitative estimate of drug-likeness (QED) is 0.695. The Morgan fingerprint density at radius 2 is 2.17 bits per heavy atom. The van der Waals surface area contributed by atoms with E-state index in [2.05, 4.69) is 25.2 Å². The first-order chi connectivity index (χ1) is 8.79. The molecule has 1 aromatic carbocycles. The highest BCUT2D eigenvalue weighted by Crippen LogP contribution is 2.28. The highest BCUT2D eigenvalue weighted by molar-refractivity contribution is 7.99. The molecule has 102 valence electrons. The molecule has 0 spiro atoms. The minimum absolute atomic E-state index is 0.702. The highest BCUT2D eigenvalue weighted by Gasteiger charge is 2.07. The number of ether oxygens (including phenoxy) is 1. The molecule has 0 amide bonds. The standard InChI is InChI=1S/C14H22ClNOS/c1-3-16-11-12-7-5-8-13(15)14(12)17-9-6-10-18-4-2/h5,7-8,16H,3-4,6,9-11H2,1-2H3. The summed E-state index contributed by atoms with van der Waals surface area (Å²) in [5, 5.41) is 4.00. The Morgan fingerprint density at radius 3 is 2.89 bits per heavy atom. The molecule has 0 aliphatic heterocycles. The third-order valence-electron chi connectivity index (χ3n) is 2.50. The molecule has 0 bridgehead atoms. The summed E-state index contributed by atoms with van der Waals surface area (Å²) in [6, 6.07) is 5.91. The van der Waals surface area contributed by atoms with Crippen LogP contribution in [0.4, 0.5) is 0 Å². The summed E-state index contributed by atoms with van der Waals surface area (Å²) in [7, 11) is 0. The molecule has 1 aromatic rings. The Morgan fingerprint density at radius 1 is 1.33 bits per heavy atom. The van der Waals surface area contributed by atoms with Crippen LogP contribution < -0.4 is 10.1 Å². The molecule has 1 rings (SSSR count). The molecule has 0 saturated heterocycles. The third-order valence-corrected chi connectivity index (χ3v) is 3.78. The molecule has 0 aliphatic carbocycles. The van der Waals surface area contributed by atoms with Crippen molar-refractivity contribution in [3.63, 3.8) is 0 Å². The second-order valence-corrected chi connectivity index (χ2v) is 5.71. The topological polar surface area (TPSA) is 21.3 Å². The first kappa shape index (κ1) is 15.7. The molecule has 0 unspecified atom stereocenters. The molecule has 0 saturated carbocycles. The number of halogens is 1. The van der Waals surface area contributed by atoms with Gasteiger partial charge in [0.1, 0.15) is 5.75 Å². The van der Waals surface area contributed by atoms with Crippen LogP contribution in [-0.2, 0) is 6.54 Å². The summed E-state index contributed by atoms with van der Waals surface area (Å²) in [5.41, 5.74) is 1.13.